The molecule has 0 radical (unpaired) electrons. The van der Waals surface area contributed by atoms with Crippen molar-refractivity contribution in [1.82, 2.24) is 10.5 Å². The van der Waals surface area contributed by atoms with E-state index < -0.39 is 0 Å². The predicted octanol–water partition coefficient (Wildman–Crippen LogP) is 5.44. The fourth-order valence-corrected chi connectivity index (χ4v) is 5.06. The molecular weight excluding hydrogens is 392 g/mol. The number of nitrogens with zero attached hydrogens (tertiary/aromatic N) is 1. The van der Waals surface area contributed by atoms with Gasteiger partial charge in [0.1, 0.15) is 11.5 Å². The summed E-state index contributed by atoms with van der Waals surface area (Å²) >= 11 is 0. The zero-order valence-electron chi connectivity index (χ0n) is 19.1. The van der Waals surface area contributed by atoms with Crippen molar-refractivity contribution in [2.75, 3.05) is 20.8 Å². The number of ether oxygens (including phenoxy) is 2. The van der Waals surface area contributed by atoms with Gasteiger partial charge in [-0.2, -0.15) is 0 Å². The topological polar surface area (TPSA) is 73.6 Å². The van der Waals surface area contributed by atoms with Crippen molar-refractivity contribution in [1.29, 1.82) is 0 Å². The fourth-order valence-electron chi connectivity index (χ4n) is 5.06. The maximum atomic E-state index is 12.8. The SMILES string of the molecule is CCNC(=O)c1noc(-c2cc(C(C)C)c(OC)cc2OC)c1C1=CC2CCCC2C1. The van der Waals surface area contributed by atoms with Crippen LogP contribution >= 0.6 is 0 Å². The number of hydrogen-bond acceptors (Lipinski definition) is 5. The summed E-state index contributed by atoms with van der Waals surface area (Å²) in [6, 6.07) is 3.94. The Labute approximate surface area is 184 Å². The highest BCUT2D eigenvalue weighted by atomic mass is 16.5. The molecule has 6 heteroatoms. The first-order valence-corrected chi connectivity index (χ1v) is 11.2. The standard InChI is InChI=1S/C25H32N2O4/c1-6-26-25(28)23-22(17-10-15-8-7-9-16(15)11-17)24(31-27-23)19-12-18(14(2)3)20(29-4)13-21(19)30-5/h10,12-16H,6-9,11H2,1-5H3,(H,26,28). The van der Waals surface area contributed by atoms with Gasteiger partial charge in [-0.25, -0.2) is 0 Å². The van der Waals surface area contributed by atoms with Crippen LogP contribution in [0, 0.1) is 11.8 Å². The molecule has 1 aromatic carbocycles. The molecule has 4 rings (SSSR count). The fraction of sp³-hybridized carbons (Fsp3) is 0.520. The molecule has 166 valence electrons. The molecule has 2 atom stereocenters. The second-order valence-corrected chi connectivity index (χ2v) is 8.79. The van der Waals surface area contributed by atoms with E-state index in [2.05, 4.69) is 30.4 Å². The number of rotatable bonds is 7. The molecule has 1 saturated carbocycles. The summed E-state index contributed by atoms with van der Waals surface area (Å²) < 4.78 is 17.2. The Bertz CT molecular complexity index is 1010. The highest BCUT2D eigenvalue weighted by Gasteiger charge is 2.36. The van der Waals surface area contributed by atoms with Gasteiger partial charge in [-0.05, 0) is 61.1 Å². The number of allylic oxidation sites excluding steroid dienone is 2. The van der Waals surface area contributed by atoms with Gasteiger partial charge in [0, 0.05) is 12.6 Å². The largest absolute Gasteiger partial charge is 0.496 e. The van der Waals surface area contributed by atoms with Gasteiger partial charge in [-0.1, -0.05) is 31.5 Å². The predicted molar refractivity (Wildman–Crippen MR) is 121 cm³/mol. The van der Waals surface area contributed by atoms with Gasteiger partial charge < -0.3 is 19.3 Å². The average Bonchev–Trinajstić information content (AvgIpc) is 3.46. The van der Waals surface area contributed by atoms with Crippen molar-refractivity contribution in [3.8, 4) is 22.8 Å². The molecule has 2 unspecified atom stereocenters. The number of fused-ring (bicyclic) bond motifs is 1. The van der Waals surface area contributed by atoms with Crippen LogP contribution < -0.4 is 14.8 Å². The van der Waals surface area contributed by atoms with Crippen LogP contribution in [0.4, 0.5) is 0 Å². The van der Waals surface area contributed by atoms with Crippen LogP contribution in [-0.4, -0.2) is 31.8 Å². The Morgan fingerprint density at radius 3 is 2.65 bits per heavy atom. The van der Waals surface area contributed by atoms with E-state index in [1.54, 1.807) is 14.2 Å². The molecule has 0 bridgehead atoms. The number of hydrogen-bond donors (Lipinski definition) is 1. The van der Waals surface area contributed by atoms with E-state index in [1.165, 1.54) is 19.3 Å². The van der Waals surface area contributed by atoms with E-state index >= 15 is 0 Å². The van der Waals surface area contributed by atoms with Crippen molar-refractivity contribution in [2.24, 2.45) is 11.8 Å². The van der Waals surface area contributed by atoms with Gasteiger partial charge in [0.05, 0.1) is 25.3 Å². The Kier molecular flexibility index (Phi) is 6.08. The quantitative estimate of drug-likeness (QED) is 0.641. The molecule has 1 aromatic heterocycles. The highest BCUT2D eigenvalue weighted by molar-refractivity contribution is 6.00. The van der Waals surface area contributed by atoms with Crippen molar-refractivity contribution in [3.05, 3.63) is 35.0 Å². The molecule has 6 nitrogen and oxygen atoms in total. The number of carbonyl (C=O) groups excluding carboxylic acids is 1. The molecule has 0 aliphatic heterocycles. The molecule has 1 heterocycles. The van der Waals surface area contributed by atoms with E-state index in [4.69, 9.17) is 14.0 Å². The van der Waals surface area contributed by atoms with E-state index in [0.717, 1.165) is 34.4 Å². The van der Waals surface area contributed by atoms with Crippen LogP contribution in [0.2, 0.25) is 0 Å². The summed E-state index contributed by atoms with van der Waals surface area (Å²) in [4.78, 5) is 12.8. The van der Waals surface area contributed by atoms with Crippen LogP contribution in [0.3, 0.4) is 0 Å². The molecule has 2 aliphatic rings. The van der Waals surface area contributed by atoms with Gasteiger partial charge in [-0.15, -0.1) is 0 Å². The minimum absolute atomic E-state index is 0.206. The molecule has 2 aromatic rings. The first kappa shape index (κ1) is 21.5. The van der Waals surface area contributed by atoms with Gasteiger partial charge in [0.25, 0.3) is 5.91 Å². The van der Waals surface area contributed by atoms with E-state index in [1.807, 2.05) is 19.1 Å². The lowest BCUT2D eigenvalue weighted by molar-refractivity contribution is 0.0946. The number of carbonyl (C=O) groups is 1. The third-order valence-electron chi connectivity index (χ3n) is 6.60. The van der Waals surface area contributed by atoms with Crippen molar-refractivity contribution in [3.63, 3.8) is 0 Å². The summed E-state index contributed by atoms with van der Waals surface area (Å²) in [7, 11) is 3.29. The van der Waals surface area contributed by atoms with Gasteiger partial charge in [0.2, 0.25) is 0 Å². The minimum Gasteiger partial charge on any atom is -0.496 e. The summed E-state index contributed by atoms with van der Waals surface area (Å²) in [5.41, 5.74) is 4.17. The molecule has 1 fully saturated rings. The summed E-state index contributed by atoms with van der Waals surface area (Å²) in [5.74, 6) is 3.29. The van der Waals surface area contributed by atoms with E-state index in [0.29, 0.717) is 35.6 Å². The molecule has 1 N–H and O–H groups in total. The first-order valence-electron chi connectivity index (χ1n) is 11.2. The smallest absolute Gasteiger partial charge is 0.274 e. The lowest BCUT2D eigenvalue weighted by atomic mass is 9.92. The highest BCUT2D eigenvalue weighted by Crippen LogP contribution is 2.49. The third kappa shape index (κ3) is 3.84. The number of methoxy groups -OCH3 is 2. The van der Waals surface area contributed by atoms with Crippen LogP contribution in [0.15, 0.2) is 22.7 Å². The number of nitrogens with one attached hydrogen (secondary N) is 1. The van der Waals surface area contributed by atoms with Gasteiger partial charge >= 0.3 is 0 Å². The molecule has 0 spiro atoms. The van der Waals surface area contributed by atoms with Crippen LogP contribution in [-0.2, 0) is 0 Å². The zero-order valence-corrected chi connectivity index (χ0v) is 19.1. The van der Waals surface area contributed by atoms with Crippen LogP contribution in [0.25, 0.3) is 16.9 Å². The molecular formula is C25H32N2O4. The molecule has 0 saturated heterocycles. The Morgan fingerprint density at radius 1 is 1.23 bits per heavy atom. The Hall–Kier alpha value is -2.76. The third-order valence-corrected chi connectivity index (χ3v) is 6.60. The zero-order chi connectivity index (χ0) is 22.1. The van der Waals surface area contributed by atoms with Gasteiger partial charge in [0.15, 0.2) is 11.5 Å². The summed E-state index contributed by atoms with van der Waals surface area (Å²) in [6.45, 7) is 6.68. The van der Waals surface area contributed by atoms with Crippen molar-refractivity contribution < 1.29 is 18.8 Å². The monoisotopic (exact) mass is 424 g/mol. The van der Waals surface area contributed by atoms with Crippen LogP contribution in [0.1, 0.15) is 74.0 Å². The maximum Gasteiger partial charge on any atom is 0.274 e. The minimum atomic E-state index is -0.206. The van der Waals surface area contributed by atoms with E-state index in [9.17, 15) is 4.79 Å². The molecule has 1 amide bonds. The van der Waals surface area contributed by atoms with Gasteiger partial charge in [-0.3, -0.25) is 4.79 Å². The first-order chi connectivity index (χ1) is 15.0. The summed E-state index contributed by atoms with van der Waals surface area (Å²) in [6.07, 6.45) is 7.04. The lowest BCUT2D eigenvalue weighted by Gasteiger charge is -2.17. The van der Waals surface area contributed by atoms with Crippen molar-refractivity contribution in [2.45, 2.75) is 52.4 Å². The number of amides is 1. The molecule has 2 aliphatic carbocycles. The van der Waals surface area contributed by atoms with Crippen LogP contribution in [0.5, 0.6) is 11.5 Å². The lowest BCUT2D eigenvalue weighted by Crippen LogP contribution is -2.24. The second-order valence-electron chi connectivity index (χ2n) is 8.79. The Balaban J connectivity index is 1.90. The van der Waals surface area contributed by atoms with E-state index in [-0.39, 0.29) is 11.8 Å². The molecule has 31 heavy (non-hydrogen) atoms. The van der Waals surface area contributed by atoms with Crippen molar-refractivity contribution >= 4 is 11.5 Å². The number of benzene rings is 1. The second kappa shape index (κ2) is 8.77. The summed E-state index contributed by atoms with van der Waals surface area (Å²) in [5, 5.41) is 7.10. The number of aromatic nitrogens is 1. The normalized spacial score (nSPS) is 20.0. The Morgan fingerprint density at radius 2 is 2.00 bits per heavy atom. The average molecular weight is 425 g/mol. The maximum absolute atomic E-state index is 12.8.